The van der Waals surface area contributed by atoms with Gasteiger partial charge in [0.2, 0.25) is 0 Å². The average Bonchev–Trinajstić information content (AvgIpc) is 2.70. The number of hydrogen-bond donors (Lipinski definition) is 1. The molecule has 0 fully saturated rings. The standard InChI is InChI=1S/C12H24N4/c1-4-15(5-2)9-6-13-7-10-16-11-8-14-12(16)3/h8,11,13H,4-7,9-10H2,1-3H3. The summed E-state index contributed by atoms with van der Waals surface area (Å²) in [6.45, 7) is 12.9. The van der Waals surface area contributed by atoms with E-state index in [0.717, 1.165) is 45.1 Å². The molecule has 1 heterocycles. The lowest BCUT2D eigenvalue weighted by molar-refractivity contribution is 0.302. The first-order valence-corrected chi connectivity index (χ1v) is 6.18. The van der Waals surface area contributed by atoms with E-state index in [9.17, 15) is 0 Å². The lowest BCUT2D eigenvalue weighted by Crippen LogP contribution is -2.33. The molecule has 0 aliphatic heterocycles. The number of imidazole rings is 1. The molecule has 1 rings (SSSR count). The monoisotopic (exact) mass is 224 g/mol. The normalized spacial score (nSPS) is 11.2. The van der Waals surface area contributed by atoms with Crippen molar-refractivity contribution in [1.29, 1.82) is 0 Å². The molecule has 0 radical (unpaired) electrons. The number of nitrogens with zero attached hydrogens (tertiary/aromatic N) is 3. The fraction of sp³-hybridized carbons (Fsp3) is 0.750. The molecule has 0 aromatic carbocycles. The Morgan fingerprint density at radius 2 is 2.06 bits per heavy atom. The van der Waals surface area contributed by atoms with Crippen LogP contribution in [0.1, 0.15) is 19.7 Å². The summed E-state index contributed by atoms with van der Waals surface area (Å²) in [6.07, 6.45) is 3.88. The lowest BCUT2D eigenvalue weighted by Gasteiger charge is -2.18. The zero-order valence-electron chi connectivity index (χ0n) is 10.7. The van der Waals surface area contributed by atoms with Crippen LogP contribution in [0, 0.1) is 6.92 Å². The second-order valence-corrected chi connectivity index (χ2v) is 3.94. The Morgan fingerprint density at radius 3 is 2.62 bits per heavy atom. The van der Waals surface area contributed by atoms with Crippen LogP contribution >= 0.6 is 0 Å². The van der Waals surface area contributed by atoms with E-state index in [1.807, 2.05) is 19.3 Å². The van der Waals surface area contributed by atoms with Crippen molar-refractivity contribution in [3.8, 4) is 0 Å². The minimum Gasteiger partial charge on any atom is -0.334 e. The van der Waals surface area contributed by atoms with Gasteiger partial charge < -0.3 is 14.8 Å². The molecule has 16 heavy (non-hydrogen) atoms. The van der Waals surface area contributed by atoms with Crippen molar-refractivity contribution in [2.45, 2.75) is 27.3 Å². The van der Waals surface area contributed by atoms with Gasteiger partial charge in [0.1, 0.15) is 5.82 Å². The van der Waals surface area contributed by atoms with Crippen LogP contribution in [0.4, 0.5) is 0 Å². The number of aromatic nitrogens is 2. The first kappa shape index (κ1) is 13.2. The van der Waals surface area contributed by atoms with Crippen LogP contribution < -0.4 is 5.32 Å². The highest BCUT2D eigenvalue weighted by Gasteiger charge is 1.98. The molecule has 0 bridgehead atoms. The third-order valence-corrected chi connectivity index (χ3v) is 2.95. The Hall–Kier alpha value is -0.870. The SMILES string of the molecule is CCN(CC)CCNCCn1ccnc1C. The quantitative estimate of drug-likeness (QED) is 0.672. The summed E-state index contributed by atoms with van der Waals surface area (Å²) in [4.78, 5) is 6.62. The highest BCUT2D eigenvalue weighted by atomic mass is 15.1. The second-order valence-electron chi connectivity index (χ2n) is 3.94. The maximum absolute atomic E-state index is 4.20. The molecule has 4 nitrogen and oxygen atoms in total. The van der Waals surface area contributed by atoms with Crippen molar-refractivity contribution in [1.82, 2.24) is 19.8 Å². The predicted molar refractivity (Wildman–Crippen MR) is 67.6 cm³/mol. The average molecular weight is 224 g/mol. The fourth-order valence-corrected chi connectivity index (χ4v) is 1.74. The third kappa shape index (κ3) is 4.33. The zero-order valence-corrected chi connectivity index (χ0v) is 10.7. The minimum atomic E-state index is 1.00. The Bertz CT molecular complexity index is 278. The van der Waals surface area contributed by atoms with Gasteiger partial charge in [0.05, 0.1) is 0 Å². The number of rotatable bonds is 8. The first-order chi connectivity index (χ1) is 7.77. The van der Waals surface area contributed by atoms with Crippen molar-refractivity contribution in [3.05, 3.63) is 18.2 Å². The van der Waals surface area contributed by atoms with E-state index >= 15 is 0 Å². The van der Waals surface area contributed by atoms with Gasteiger partial charge in [-0.15, -0.1) is 0 Å². The molecule has 0 unspecified atom stereocenters. The van der Waals surface area contributed by atoms with Crippen LogP contribution in [-0.2, 0) is 6.54 Å². The first-order valence-electron chi connectivity index (χ1n) is 6.18. The van der Waals surface area contributed by atoms with Gasteiger partial charge in [0.15, 0.2) is 0 Å². The number of likely N-dealkylation sites (N-methyl/N-ethyl adjacent to an activating group) is 1. The molecule has 0 atom stereocenters. The molecule has 1 N–H and O–H groups in total. The number of aryl methyl sites for hydroxylation is 1. The molecule has 92 valence electrons. The van der Waals surface area contributed by atoms with Crippen molar-refractivity contribution < 1.29 is 0 Å². The van der Waals surface area contributed by atoms with Gasteiger partial charge in [-0.25, -0.2) is 4.98 Å². The summed E-state index contributed by atoms with van der Waals surface area (Å²) >= 11 is 0. The number of nitrogens with one attached hydrogen (secondary N) is 1. The van der Waals surface area contributed by atoms with E-state index in [1.54, 1.807) is 0 Å². The molecular formula is C12H24N4. The van der Waals surface area contributed by atoms with Crippen molar-refractivity contribution in [2.24, 2.45) is 0 Å². The van der Waals surface area contributed by atoms with Gasteiger partial charge in [-0.3, -0.25) is 0 Å². The zero-order chi connectivity index (χ0) is 11.8. The second kappa shape index (κ2) is 7.41. The molecule has 0 aliphatic rings. The Kier molecular flexibility index (Phi) is 6.11. The van der Waals surface area contributed by atoms with Crippen molar-refractivity contribution >= 4 is 0 Å². The summed E-state index contributed by atoms with van der Waals surface area (Å²) < 4.78 is 2.17. The van der Waals surface area contributed by atoms with Crippen molar-refractivity contribution in [2.75, 3.05) is 32.7 Å². The maximum Gasteiger partial charge on any atom is 0.105 e. The fourth-order valence-electron chi connectivity index (χ4n) is 1.74. The van der Waals surface area contributed by atoms with E-state index in [0.29, 0.717) is 0 Å². The molecule has 1 aromatic rings. The van der Waals surface area contributed by atoms with Crippen LogP contribution in [0.2, 0.25) is 0 Å². The van der Waals surface area contributed by atoms with E-state index in [2.05, 4.69) is 33.6 Å². The van der Waals surface area contributed by atoms with Gasteiger partial charge in [-0.05, 0) is 20.0 Å². The summed E-state index contributed by atoms with van der Waals surface area (Å²) in [6, 6.07) is 0. The summed E-state index contributed by atoms with van der Waals surface area (Å²) in [5, 5.41) is 3.46. The van der Waals surface area contributed by atoms with Crippen molar-refractivity contribution in [3.63, 3.8) is 0 Å². The van der Waals surface area contributed by atoms with Gasteiger partial charge in [0, 0.05) is 38.6 Å². The van der Waals surface area contributed by atoms with E-state index in [4.69, 9.17) is 0 Å². The van der Waals surface area contributed by atoms with Gasteiger partial charge in [-0.2, -0.15) is 0 Å². The molecule has 0 aliphatic carbocycles. The van der Waals surface area contributed by atoms with Crippen LogP contribution in [0.15, 0.2) is 12.4 Å². The van der Waals surface area contributed by atoms with E-state index < -0.39 is 0 Å². The highest BCUT2D eigenvalue weighted by molar-refractivity contribution is 4.88. The van der Waals surface area contributed by atoms with Crippen LogP contribution in [0.3, 0.4) is 0 Å². The smallest absolute Gasteiger partial charge is 0.105 e. The largest absolute Gasteiger partial charge is 0.334 e. The topological polar surface area (TPSA) is 33.1 Å². The Balaban J connectivity index is 2.06. The third-order valence-electron chi connectivity index (χ3n) is 2.95. The predicted octanol–water partition coefficient (Wildman–Crippen LogP) is 1.12. The number of hydrogen-bond acceptors (Lipinski definition) is 3. The Morgan fingerprint density at radius 1 is 1.31 bits per heavy atom. The van der Waals surface area contributed by atoms with E-state index in [-0.39, 0.29) is 0 Å². The summed E-state index contributed by atoms with van der Waals surface area (Å²) in [5.74, 6) is 1.09. The highest BCUT2D eigenvalue weighted by Crippen LogP contribution is 1.93. The molecular weight excluding hydrogens is 200 g/mol. The lowest BCUT2D eigenvalue weighted by atomic mass is 10.4. The van der Waals surface area contributed by atoms with Gasteiger partial charge in [-0.1, -0.05) is 13.8 Å². The molecule has 0 saturated heterocycles. The minimum absolute atomic E-state index is 1.00. The van der Waals surface area contributed by atoms with Gasteiger partial charge in [0.25, 0.3) is 0 Å². The van der Waals surface area contributed by atoms with Crippen LogP contribution in [0.25, 0.3) is 0 Å². The maximum atomic E-state index is 4.20. The van der Waals surface area contributed by atoms with Gasteiger partial charge >= 0.3 is 0 Å². The molecule has 0 spiro atoms. The van der Waals surface area contributed by atoms with Crippen LogP contribution in [-0.4, -0.2) is 47.2 Å². The van der Waals surface area contributed by atoms with E-state index in [1.165, 1.54) is 0 Å². The van der Waals surface area contributed by atoms with Crippen LogP contribution in [0.5, 0.6) is 0 Å². The molecule has 1 aromatic heterocycles. The molecule has 4 heteroatoms. The molecule has 0 saturated carbocycles. The summed E-state index contributed by atoms with van der Waals surface area (Å²) in [5.41, 5.74) is 0. The Labute approximate surface area is 98.7 Å². The molecule has 0 amide bonds. The summed E-state index contributed by atoms with van der Waals surface area (Å²) in [7, 11) is 0.